The zero-order valence-corrected chi connectivity index (χ0v) is 16.5. The lowest BCUT2D eigenvalue weighted by Gasteiger charge is -2.23. The predicted molar refractivity (Wildman–Crippen MR) is 103 cm³/mol. The molecule has 30 heavy (non-hydrogen) atoms. The Labute approximate surface area is 172 Å². The van der Waals surface area contributed by atoms with Crippen LogP contribution in [-0.4, -0.2) is 34.1 Å². The van der Waals surface area contributed by atoms with Crippen molar-refractivity contribution in [3.63, 3.8) is 0 Å². The minimum Gasteiger partial charge on any atom is -0.471 e. The Morgan fingerprint density at radius 2 is 2.00 bits per heavy atom. The SMILES string of the molecule is O=c1c(C2CCCCC2)cc(OC2CCOC2)nn1Cc1ncccc1C(F)(F)F. The average Bonchev–Trinajstić information content (AvgIpc) is 3.23. The number of hydrogen-bond donors (Lipinski definition) is 0. The highest BCUT2D eigenvalue weighted by atomic mass is 19.4. The molecule has 6 nitrogen and oxygen atoms in total. The van der Waals surface area contributed by atoms with Gasteiger partial charge in [0.05, 0.1) is 31.0 Å². The monoisotopic (exact) mass is 423 g/mol. The highest BCUT2D eigenvalue weighted by Crippen LogP contribution is 2.33. The summed E-state index contributed by atoms with van der Waals surface area (Å²) in [4.78, 5) is 17.0. The van der Waals surface area contributed by atoms with E-state index in [4.69, 9.17) is 9.47 Å². The summed E-state index contributed by atoms with van der Waals surface area (Å²) in [5.41, 5.74) is -0.928. The summed E-state index contributed by atoms with van der Waals surface area (Å²) in [6.07, 6.45) is 2.19. The number of halogens is 3. The summed E-state index contributed by atoms with van der Waals surface area (Å²) in [6.45, 7) is 0.646. The number of aromatic nitrogens is 3. The van der Waals surface area contributed by atoms with Crippen molar-refractivity contribution in [3.8, 4) is 5.88 Å². The minimum absolute atomic E-state index is 0.0634. The Morgan fingerprint density at radius 3 is 2.70 bits per heavy atom. The quantitative estimate of drug-likeness (QED) is 0.729. The standard InChI is InChI=1S/C21H24F3N3O3/c22-21(23,24)17-7-4-9-25-18(17)12-27-20(28)16(14-5-2-1-3-6-14)11-19(26-27)30-15-8-10-29-13-15/h4,7,9,11,14-15H,1-3,5-6,8,10,12-13H2. The van der Waals surface area contributed by atoms with E-state index in [-0.39, 0.29) is 35.7 Å². The molecule has 0 radical (unpaired) electrons. The topological polar surface area (TPSA) is 66.2 Å². The Morgan fingerprint density at radius 1 is 1.20 bits per heavy atom. The maximum atomic E-state index is 13.4. The normalized spacial score (nSPS) is 20.4. The van der Waals surface area contributed by atoms with E-state index in [1.807, 2.05) is 0 Å². The van der Waals surface area contributed by atoms with Crippen molar-refractivity contribution >= 4 is 0 Å². The summed E-state index contributed by atoms with van der Waals surface area (Å²) in [5, 5.41) is 4.23. The Balaban J connectivity index is 1.71. The molecule has 0 aromatic carbocycles. The van der Waals surface area contributed by atoms with Gasteiger partial charge in [0.15, 0.2) is 0 Å². The van der Waals surface area contributed by atoms with E-state index in [0.717, 1.165) is 42.9 Å². The summed E-state index contributed by atoms with van der Waals surface area (Å²) in [7, 11) is 0. The van der Waals surface area contributed by atoms with E-state index in [2.05, 4.69) is 10.1 Å². The van der Waals surface area contributed by atoms with Gasteiger partial charge in [0.2, 0.25) is 5.88 Å². The summed E-state index contributed by atoms with van der Waals surface area (Å²) < 4.78 is 52.4. The number of alkyl halides is 3. The zero-order valence-electron chi connectivity index (χ0n) is 16.5. The van der Waals surface area contributed by atoms with Gasteiger partial charge in [0.1, 0.15) is 6.10 Å². The van der Waals surface area contributed by atoms with Crippen molar-refractivity contribution in [2.24, 2.45) is 0 Å². The molecule has 1 atom stereocenters. The molecule has 1 saturated heterocycles. The van der Waals surface area contributed by atoms with Crippen molar-refractivity contribution in [1.29, 1.82) is 0 Å². The molecule has 4 rings (SSSR count). The molecule has 1 aliphatic carbocycles. The third-order valence-corrected chi connectivity index (χ3v) is 5.70. The van der Waals surface area contributed by atoms with Gasteiger partial charge in [-0.25, -0.2) is 4.68 Å². The Bertz CT molecular complexity index is 933. The van der Waals surface area contributed by atoms with Crippen molar-refractivity contribution in [2.75, 3.05) is 13.2 Å². The molecule has 2 aliphatic rings. The second-order valence-electron chi connectivity index (χ2n) is 7.83. The van der Waals surface area contributed by atoms with E-state index in [0.29, 0.717) is 25.2 Å². The minimum atomic E-state index is -4.56. The highest BCUT2D eigenvalue weighted by Gasteiger charge is 2.34. The Hall–Kier alpha value is -2.42. The summed E-state index contributed by atoms with van der Waals surface area (Å²) in [6, 6.07) is 3.86. The van der Waals surface area contributed by atoms with Gasteiger partial charge in [0.25, 0.3) is 5.56 Å². The van der Waals surface area contributed by atoms with E-state index in [9.17, 15) is 18.0 Å². The van der Waals surface area contributed by atoms with Crippen LogP contribution in [0, 0.1) is 0 Å². The van der Waals surface area contributed by atoms with Crippen LogP contribution in [0.5, 0.6) is 5.88 Å². The average molecular weight is 423 g/mol. The molecule has 1 unspecified atom stereocenters. The molecule has 1 saturated carbocycles. The zero-order chi connectivity index (χ0) is 21.1. The van der Waals surface area contributed by atoms with Crippen LogP contribution >= 0.6 is 0 Å². The Kier molecular flexibility index (Phi) is 6.08. The van der Waals surface area contributed by atoms with Gasteiger partial charge in [-0.1, -0.05) is 19.3 Å². The van der Waals surface area contributed by atoms with Crippen molar-refractivity contribution in [3.05, 3.63) is 51.6 Å². The largest absolute Gasteiger partial charge is 0.471 e. The number of hydrogen-bond acceptors (Lipinski definition) is 5. The third kappa shape index (κ3) is 4.66. The van der Waals surface area contributed by atoms with Crippen molar-refractivity contribution in [2.45, 2.75) is 63.3 Å². The van der Waals surface area contributed by atoms with E-state index in [1.54, 1.807) is 6.07 Å². The molecule has 2 aromatic rings. The molecule has 2 fully saturated rings. The first-order valence-corrected chi connectivity index (χ1v) is 10.3. The lowest BCUT2D eigenvalue weighted by molar-refractivity contribution is -0.138. The van der Waals surface area contributed by atoms with E-state index in [1.165, 1.54) is 12.3 Å². The molecule has 0 spiro atoms. The van der Waals surface area contributed by atoms with Crippen molar-refractivity contribution in [1.82, 2.24) is 14.8 Å². The lowest BCUT2D eigenvalue weighted by Crippen LogP contribution is -2.31. The van der Waals surface area contributed by atoms with Crippen LogP contribution in [0.25, 0.3) is 0 Å². The van der Waals surface area contributed by atoms with Gasteiger partial charge in [-0.3, -0.25) is 9.78 Å². The van der Waals surface area contributed by atoms with Gasteiger partial charge < -0.3 is 9.47 Å². The first-order chi connectivity index (χ1) is 14.4. The second-order valence-corrected chi connectivity index (χ2v) is 7.83. The first kappa shape index (κ1) is 20.8. The van der Waals surface area contributed by atoms with E-state index < -0.39 is 11.7 Å². The van der Waals surface area contributed by atoms with Crippen molar-refractivity contribution < 1.29 is 22.6 Å². The first-order valence-electron chi connectivity index (χ1n) is 10.3. The van der Waals surface area contributed by atoms with Gasteiger partial charge >= 0.3 is 6.18 Å². The maximum Gasteiger partial charge on any atom is 0.418 e. The van der Waals surface area contributed by atoms with Crippen LogP contribution in [0.15, 0.2) is 29.2 Å². The van der Waals surface area contributed by atoms with Crippen LogP contribution < -0.4 is 10.3 Å². The highest BCUT2D eigenvalue weighted by molar-refractivity contribution is 5.26. The van der Waals surface area contributed by atoms with Gasteiger partial charge in [-0.15, -0.1) is 5.10 Å². The number of nitrogens with zero attached hydrogens (tertiary/aromatic N) is 3. The number of pyridine rings is 1. The van der Waals surface area contributed by atoms with Crippen LogP contribution in [-0.2, 0) is 17.5 Å². The lowest BCUT2D eigenvalue weighted by atomic mass is 9.85. The number of rotatable bonds is 5. The molecule has 9 heteroatoms. The third-order valence-electron chi connectivity index (χ3n) is 5.70. The van der Waals surface area contributed by atoms with E-state index >= 15 is 0 Å². The predicted octanol–water partition coefficient (Wildman–Crippen LogP) is 3.92. The van der Waals surface area contributed by atoms with Gasteiger partial charge in [0, 0.05) is 24.2 Å². The molecule has 3 heterocycles. The van der Waals surface area contributed by atoms with Crippen LogP contribution in [0.1, 0.15) is 61.3 Å². The second kappa shape index (κ2) is 8.75. The molecule has 0 amide bonds. The fourth-order valence-corrected chi connectivity index (χ4v) is 4.15. The summed E-state index contributed by atoms with van der Waals surface area (Å²) >= 11 is 0. The molecular formula is C21H24F3N3O3. The molecular weight excluding hydrogens is 399 g/mol. The molecule has 2 aromatic heterocycles. The molecule has 162 valence electrons. The fourth-order valence-electron chi connectivity index (χ4n) is 4.15. The summed E-state index contributed by atoms with van der Waals surface area (Å²) in [5.74, 6) is 0.309. The van der Waals surface area contributed by atoms with Crippen LogP contribution in [0.3, 0.4) is 0 Å². The van der Waals surface area contributed by atoms with Crippen LogP contribution in [0.4, 0.5) is 13.2 Å². The maximum absolute atomic E-state index is 13.4. The number of ether oxygens (including phenoxy) is 2. The van der Waals surface area contributed by atoms with Gasteiger partial charge in [-0.2, -0.15) is 13.2 Å². The smallest absolute Gasteiger partial charge is 0.418 e. The van der Waals surface area contributed by atoms with Crippen LogP contribution in [0.2, 0.25) is 0 Å². The molecule has 1 aliphatic heterocycles. The molecule has 0 N–H and O–H groups in total. The van der Waals surface area contributed by atoms with Gasteiger partial charge in [-0.05, 0) is 30.9 Å². The molecule has 0 bridgehead atoms. The fraction of sp³-hybridized carbons (Fsp3) is 0.571.